The molecule has 1 aromatic carbocycles. The molecule has 1 spiro atoms. The highest BCUT2D eigenvalue weighted by molar-refractivity contribution is 8.00. The normalized spacial score (nSPS) is 33.8. The summed E-state index contributed by atoms with van der Waals surface area (Å²) in [5, 5.41) is 9.66. The molecule has 2 bridgehead atoms. The first kappa shape index (κ1) is 16.2. The molecule has 1 aromatic rings. The number of amides is 1. The van der Waals surface area contributed by atoms with Crippen LogP contribution in [0, 0.1) is 11.8 Å². The van der Waals surface area contributed by atoms with Gasteiger partial charge in [0.25, 0.3) is 0 Å². The van der Waals surface area contributed by atoms with Crippen molar-refractivity contribution in [2.45, 2.75) is 29.4 Å². The molecule has 4 atom stereocenters. The Hall–Kier alpha value is -1.24. The topological polar surface area (TPSA) is 59.0 Å². The Balaban J connectivity index is 1.38. The molecule has 130 valence electrons. The first-order valence-corrected chi connectivity index (χ1v) is 9.47. The SMILES string of the molecule is COc1cccc(SCC(=O)N2C[C@@H]3[C@H](CO)[C@H]4CC[C@]3(C2)O4)c1. The maximum Gasteiger partial charge on any atom is 0.233 e. The molecule has 1 amide bonds. The Morgan fingerprint density at radius 2 is 2.42 bits per heavy atom. The Kier molecular flexibility index (Phi) is 4.22. The molecular formula is C18H23NO4S. The summed E-state index contributed by atoms with van der Waals surface area (Å²) in [5.41, 5.74) is -0.186. The second-order valence-electron chi connectivity index (χ2n) is 6.95. The number of hydrogen-bond acceptors (Lipinski definition) is 5. The van der Waals surface area contributed by atoms with Gasteiger partial charge >= 0.3 is 0 Å². The number of fused-ring (bicyclic) bond motifs is 1. The van der Waals surface area contributed by atoms with Crippen molar-refractivity contribution < 1.29 is 19.4 Å². The van der Waals surface area contributed by atoms with Gasteiger partial charge in [0.05, 0.1) is 31.1 Å². The van der Waals surface area contributed by atoms with E-state index in [0.29, 0.717) is 18.2 Å². The first-order chi connectivity index (χ1) is 11.6. The van der Waals surface area contributed by atoms with Gasteiger partial charge in [-0.25, -0.2) is 0 Å². The van der Waals surface area contributed by atoms with Crippen LogP contribution in [0.25, 0.3) is 0 Å². The Bertz CT molecular complexity index is 639. The van der Waals surface area contributed by atoms with Gasteiger partial charge in [-0.2, -0.15) is 0 Å². The fourth-order valence-corrected chi connectivity index (χ4v) is 5.40. The quantitative estimate of drug-likeness (QED) is 0.821. The first-order valence-electron chi connectivity index (χ1n) is 8.48. The number of methoxy groups -OCH3 is 1. The highest BCUT2D eigenvalue weighted by Crippen LogP contribution is 2.54. The third-order valence-corrected chi connectivity index (χ3v) is 6.73. The molecule has 0 unspecified atom stereocenters. The molecule has 0 saturated carbocycles. The van der Waals surface area contributed by atoms with Crippen LogP contribution in [-0.4, -0.2) is 60.2 Å². The number of carbonyl (C=O) groups is 1. The zero-order chi connectivity index (χ0) is 16.7. The van der Waals surface area contributed by atoms with Crippen LogP contribution in [0.5, 0.6) is 5.75 Å². The van der Waals surface area contributed by atoms with E-state index in [-0.39, 0.29) is 30.1 Å². The molecule has 3 aliphatic rings. The molecule has 3 saturated heterocycles. The van der Waals surface area contributed by atoms with E-state index >= 15 is 0 Å². The molecular weight excluding hydrogens is 326 g/mol. The summed E-state index contributed by atoms with van der Waals surface area (Å²) in [5.74, 6) is 1.87. The fourth-order valence-electron chi connectivity index (χ4n) is 4.55. The molecule has 3 fully saturated rings. The third kappa shape index (κ3) is 2.61. The molecule has 3 aliphatic heterocycles. The van der Waals surface area contributed by atoms with Crippen molar-refractivity contribution in [1.29, 1.82) is 0 Å². The number of nitrogens with zero attached hydrogens (tertiary/aromatic N) is 1. The molecule has 24 heavy (non-hydrogen) atoms. The molecule has 0 aliphatic carbocycles. The van der Waals surface area contributed by atoms with Crippen molar-refractivity contribution in [3.8, 4) is 5.75 Å². The zero-order valence-corrected chi connectivity index (χ0v) is 14.6. The average Bonchev–Trinajstić information content (AvgIpc) is 3.27. The molecule has 4 rings (SSSR count). The summed E-state index contributed by atoms with van der Waals surface area (Å²) in [6, 6.07) is 7.77. The van der Waals surface area contributed by atoms with Crippen LogP contribution in [0.15, 0.2) is 29.2 Å². The Labute approximate surface area is 146 Å². The average molecular weight is 349 g/mol. The second-order valence-corrected chi connectivity index (χ2v) is 8.00. The van der Waals surface area contributed by atoms with Crippen molar-refractivity contribution in [2.24, 2.45) is 11.8 Å². The summed E-state index contributed by atoms with van der Waals surface area (Å²) in [4.78, 5) is 15.6. The second kappa shape index (κ2) is 6.24. The Morgan fingerprint density at radius 3 is 3.21 bits per heavy atom. The van der Waals surface area contributed by atoms with Gasteiger partial charge in [-0.1, -0.05) is 6.07 Å². The van der Waals surface area contributed by atoms with Gasteiger partial charge in [0, 0.05) is 29.9 Å². The lowest BCUT2D eigenvalue weighted by atomic mass is 9.74. The van der Waals surface area contributed by atoms with Crippen LogP contribution in [0.4, 0.5) is 0 Å². The van der Waals surface area contributed by atoms with Gasteiger partial charge in [0.15, 0.2) is 0 Å². The highest BCUT2D eigenvalue weighted by atomic mass is 32.2. The number of ether oxygens (including phenoxy) is 2. The number of aliphatic hydroxyl groups is 1. The lowest BCUT2D eigenvalue weighted by Gasteiger charge is -2.27. The number of thioether (sulfide) groups is 1. The predicted molar refractivity (Wildman–Crippen MR) is 91.2 cm³/mol. The molecule has 1 N–H and O–H groups in total. The van der Waals surface area contributed by atoms with Crippen molar-refractivity contribution in [1.82, 2.24) is 4.90 Å². The fraction of sp³-hybridized carbons (Fsp3) is 0.611. The van der Waals surface area contributed by atoms with E-state index in [4.69, 9.17) is 9.47 Å². The molecule has 5 nitrogen and oxygen atoms in total. The smallest absolute Gasteiger partial charge is 0.233 e. The summed E-state index contributed by atoms with van der Waals surface area (Å²) in [6.45, 7) is 1.57. The predicted octanol–water partition coefficient (Wildman–Crippen LogP) is 1.79. The van der Waals surface area contributed by atoms with Gasteiger partial charge in [0.1, 0.15) is 5.75 Å². The van der Waals surface area contributed by atoms with Crippen LogP contribution in [0.1, 0.15) is 12.8 Å². The minimum atomic E-state index is -0.186. The van der Waals surface area contributed by atoms with E-state index in [1.165, 1.54) is 11.8 Å². The minimum absolute atomic E-state index is 0.148. The summed E-state index contributed by atoms with van der Waals surface area (Å²) in [7, 11) is 1.64. The van der Waals surface area contributed by atoms with E-state index in [1.54, 1.807) is 7.11 Å². The highest BCUT2D eigenvalue weighted by Gasteiger charge is 2.63. The largest absolute Gasteiger partial charge is 0.497 e. The van der Waals surface area contributed by atoms with E-state index in [2.05, 4.69) is 0 Å². The number of benzene rings is 1. The minimum Gasteiger partial charge on any atom is -0.497 e. The number of hydrogen-bond donors (Lipinski definition) is 1. The number of aliphatic hydroxyl groups excluding tert-OH is 1. The van der Waals surface area contributed by atoms with Gasteiger partial charge in [-0.3, -0.25) is 4.79 Å². The van der Waals surface area contributed by atoms with Gasteiger partial charge in [-0.05, 0) is 31.0 Å². The molecule has 6 heteroatoms. The Morgan fingerprint density at radius 1 is 1.54 bits per heavy atom. The summed E-state index contributed by atoms with van der Waals surface area (Å²) < 4.78 is 11.4. The van der Waals surface area contributed by atoms with E-state index in [0.717, 1.165) is 30.0 Å². The van der Waals surface area contributed by atoms with E-state index in [1.807, 2.05) is 29.2 Å². The van der Waals surface area contributed by atoms with Crippen molar-refractivity contribution >= 4 is 17.7 Å². The van der Waals surface area contributed by atoms with Crippen LogP contribution in [0.3, 0.4) is 0 Å². The van der Waals surface area contributed by atoms with Crippen LogP contribution in [0.2, 0.25) is 0 Å². The third-order valence-electron chi connectivity index (χ3n) is 5.75. The maximum atomic E-state index is 12.6. The monoisotopic (exact) mass is 349 g/mol. The molecule has 3 heterocycles. The standard InChI is InChI=1S/C18H23NO4S/c1-22-12-3-2-4-13(7-12)24-10-17(21)19-8-15-14(9-20)16-5-6-18(15,11-19)23-16/h2-4,7,14-16,20H,5-6,8-11H2,1H3/t14-,15+,16+,18+/m0/s1. The van der Waals surface area contributed by atoms with Gasteiger partial charge < -0.3 is 19.5 Å². The van der Waals surface area contributed by atoms with Gasteiger partial charge in [0.2, 0.25) is 5.91 Å². The van der Waals surface area contributed by atoms with E-state index in [9.17, 15) is 9.90 Å². The number of likely N-dealkylation sites (tertiary alicyclic amines) is 1. The maximum absolute atomic E-state index is 12.6. The summed E-state index contributed by atoms with van der Waals surface area (Å²) >= 11 is 1.54. The van der Waals surface area contributed by atoms with Crippen molar-refractivity contribution in [3.05, 3.63) is 24.3 Å². The van der Waals surface area contributed by atoms with Crippen LogP contribution in [-0.2, 0) is 9.53 Å². The van der Waals surface area contributed by atoms with Crippen molar-refractivity contribution in [3.63, 3.8) is 0 Å². The molecule has 0 aromatic heterocycles. The van der Waals surface area contributed by atoms with Crippen LogP contribution >= 0.6 is 11.8 Å². The van der Waals surface area contributed by atoms with Crippen LogP contribution < -0.4 is 4.74 Å². The van der Waals surface area contributed by atoms with E-state index < -0.39 is 0 Å². The zero-order valence-electron chi connectivity index (χ0n) is 13.8. The number of carbonyl (C=O) groups excluding carboxylic acids is 1. The molecule has 0 radical (unpaired) electrons. The lowest BCUT2D eigenvalue weighted by Crippen LogP contribution is -2.38. The van der Waals surface area contributed by atoms with Crippen molar-refractivity contribution in [2.75, 3.05) is 32.6 Å². The lowest BCUT2D eigenvalue weighted by molar-refractivity contribution is -0.129. The number of rotatable bonds is 5. The van der Waals surface area contributed by atoms with Gasteiger partial charge in [-0.15, -0.1) is 11.8 Å². The summed E-state index contributed by atoms with van der Waals surface area (Å²) in [6.07, 6.45) is 2.23.